The van der Waals surface area contributed by atoms with E-state index in [4.69, 9.17) is 0 Å². The zero-order chi connectivity index (χ0) is 15.5. The maximum atomic E-state index is 13.3. The van der Waals surface area contributed by atoms with Crippen molar-refractivity contribution in [2.24, 2.45) is 0 Å². The molecule has 0 bridgehead atoms. The molecule has 1 saturated carbocycles. The molecule has 0 spiro atoms. The number of H-pyrrole nitrogens is 1. The third kappa shape index (κ3) is 3.23. The highest BCUT2D eigenvalue weighted by molar-refractivity contribution is 5.87. The minimum Gasteiger partial charge on any atom is -0.358 e. The van der Waals surface area contributed by atoms with Crippen LogP contribution in [0.5, 0.6) is 0 Å². The normalized spacial score (nSPS) is 17.8. The first-order chi connectivity index (χ1) is 10.6. The van der Waals surface area contributed by atoms with Crippen LogP contribution in [0.15, 0.2) is 12.1 Å². The summed E-state index contributed by atoms with van der Waals surface area (Å²) >= 11 is 0. The molecule has 2 aromatic rings. The Hall–Kier alpha value is -1.64. The summed E-state index contributed by atoms with van der Waals surface area (Å²) in [5, 5.41) is 1.10. The van der Waals surface area contributed by atoms with Gasteiger partial charge in [-0.25, -0.2) is 4.39 Å². The van der Waals surface area contributed by atoms with E-state index in [-0.39, 0.29) is 5.82 Å². The molecule has 2 aliphatic carbocycles. The molecular weight excluding hydrogens is 277 g/mol. The summed E-state index contributed by atoms with van der Waals surface area (Å²) in [7, 11) is 0. The molecule has 22 heavy (non-hydrogen) atoms. The molecule has 1 fully saturated rings. The van der Waals surface area contributed by atoms with Gasteiger partial charge < -0.3 is 4.98 Å². The molecule has 0 aliphatic heterocycles. The van der Waals surface area contributed by atoms with E-state index in [0.29, 0.717) is 5.78 Å². The summed E-state index contributed by atoms with van der Waals surface area (Å²) in [6.45, 7) is 1.97. The Kier molecular flexibility index (Phi) is 4.60. The van der Waals surface area contributed by atoms with Gasteiger partial charge in [-0.2, -0.15) is 0 Å². The molecule has 4 rings (SSSR count). The molecule has 0 radical (unpaired) electrons. The van der Waals surface area contributed by atoms with Crippen LogP contribution in [0.4, 0.5) is 4.39 Å². The van der Waals surface area contributed by atoms with Gasteiger partial charge in [0.25, 0.3) is 0 Å². The van der Waals surface area contributed by atoms with E-state index >= 15 is 0 Å². The Morgan fingerprint density at radius 1 is 0.955 bits per heavy atom. The predicted molar refractivity (Wildman–Crippen MR) is 87.7 cm³/mol. The van der Waals surface area contributed by atoms with Gasteiger partial charge in [-0.15, -0.1) is 0 Å². The topological polar surface area (TPSA) is 32.9 Å². The molecule has 1 heterocycles. The third-order valence-corrected chi connectivity index (χ3v) is 4.78. The highest BCUT2D eigenvalue weighted by Gasteiger charge is 2.16. The molecule has 1 aromatic carbocycles. The summed E-state index contributed by atoms with van der Waals surface area (Å²) < 4.78 is 13.3. The van der Waals surface area contributed by atoms with E-state index < -0.39 is 0 Å². The average molecular weight is 301 g/mol. The average Bonchev–Trinajstić information content (AvgIpc) is 2.88. The number of hydrogen-bond donors (Lipinski definition) is 1. The van der Waals surface area contributed by atoms with Gasteiger partial charge in [-0.1, -0.05) is 6.42 Å². The van der Waals surface area contributed by atoms with Crippen LogP contribution in [0.1, 0.15) is 61.8 Å². The van der Waals surface area contributed by atoms with Crippen molar-refractivity contribution in [1.82, 2.24) is 4.98 Å². The highest BCUT2D eigenvalue weighted by Crippen LogP contribution is 2.31. The van der Waals surface area contributed by atoms with Crippen molar-refractivity contribution < 1.29 is 9.18 Å². The van der Waals surface area contributed by atoms with Gasteiger partial charge in [0.15, 0.2) is 0 Å². The number of fused-ring (bicyclic) bond motifs is 3. The van der Waals surface area contributed by atoms with Crippen molar-refractivity contribution in [2.75, 3.05) is 0 Å². The van der Waals surface area contributed by atoms with Gasteiger partial charge in [0.05, 0.1) is 0 Å². The number of rotatable bonds is 0. The quantitative estimate of drug-likeness (QED) is 0.728. The lowest BCUT2D eigenvalue weighted by Crippen LogP contribution is -2.02. The minimum absolute atomic E-state index is 0.118. The third-order valence-electron chi connectivity index (χ3n) is 4.78. The van der Waals surface area contributed by atoms with Crippen molar-refractivity contribution in [3.63, 3.8) is 0 Å². The van der Waals surface area contributed by atoms with E-state index in [9.17, 15) is 9.18 Å². The smallest absolute Gasteiger partial charge is 0.132 e. The fourth-order valence-corrected chi connectivity index (χ4v) is 3.58. The molecule has 0 saturated heterocycles. The lowest BCUT2D eigenvalue weighted by Gasteiger charge is -2.10. The van der Waals surface area contributed by atoms with Crippen molar-refractivity contribution in [1.29, 1.82) is 0 Å². The summed E-state index contributed by atoms with van der Waals surface area (Å²) in [5.74, 6) is 0.346. The van der Waals surface area contributed by atoms with Crippen LogP contribution in [0.3, 0.4) is 0 Å². The molecule has 2 nitrogen and oxygen atoms in total. The highest BCUT2D eigenvalue weighted by atomic mass is 19.1. The number of carbonyl (C=O) groups excluding carboxylic acids is 1. The first-order valence-electron chi connectivity index (χ1n) is 8.46. The summed E-state index contributed by atoms with van der Waals surface area (Å²) in [6.07, 6.45) is 9.93. The van der Waals surface area contributed by atoms with Crippen molar-refractivity contribution in [3.05, 3.63) is 34.8 Å². The van der Waals surface area contributed by atoms with Gasteiger partial charge in [-0.05, 0) is 68.7 Å². The molecule has 3 heteroatoms. The summed E-state index contributed by atoms with van der Waals surface area (Å²) in [4.78, 5) is 13.9. The van der Waals surface area contributed by atoms with Crippen LogP contribution in [0, 0.1) is 12.7 Å². The predicted octanol–water partition coefficient (Wildman–Crippen LogP) is 5.01. The fraction of sp³-hybridized carbons (Fsp3) is 0.526. The first-order valence-corrected chi connectivity index (χ1v) is 8.46. The number of aromatic amines is 1. The SMILES string of the molecule is Cc1cc(F)cc2c3c([nH]c12)CCCC3.O=C1CCCCC1. The maximum absolute atomic E-state index is 13.3. The second-order valence-corrected chi connectivity index (χ2v) is 6.53. The Labute approximate surface area is 131 Å². The van der Waals surface area contributed by atoms with E-state index in [1.807, 2.05) is 6.92 Å². The molecule has 1 N–H and O–H groups in total. The van der Waals surface area contributed by atoms with Crippen LogP contribution in [-0.4, -0.2) is 10.8 Å². The van der Waals surface area contributed by atoms with Gasteiger partial charge in [0.1, 0.15) is 11.6 Å². The van der Waals surface area contributed by atoms with E-state index in [0.717, 1.165) is 55.0 Å². The number of benzene rings is 1. The number of carbonyl (C=O) groups is 1. The lowest BCUT2D eigenvalue weighted by atomic mass is 9.95. The van der Waals surface area contributed by atoms with E-state index in [1.165, 1.54) is 30.5 Å². The Bertz CT molecular complexity index is 678. The van der Waals surface area contributed by atoms with E-state index in [1.54, 1.807) is 12.1 Å². The minimum atomic E-state index is -0.118. The second kappa shape index (κ2) is 6.64. The molecular formula is C19H24FNO. The molecule has 0 unspecified atom stereocenters. The summed E-state index contributed by atoms with van der Waals surface area (Å²) in [6, 6.07) is 3.27. The van der Waals surface area contributed by atoms with Crippen LogP contribution in [0.25, 0.3) is 10.9 Å². The van der Waals surface area contributed by atoms with Crippen molar-refractivity contribution >= 4 is 16.7 Å². The van der Waals surface area contributed by atoms with Gasteiger partial charge in [0.2, 0.25) is 0 Å². The number of aryl methyl sites for hydroxylation is 3. The standard InChI is InChI=1S/C13H14FN.C6H10O/c1-8-6-9(14)7-11-10-4-2-3-5-12(10)15-13(8)11;7-6-4-2-1-3-5-6/h6-7,15H,2-5H2,1H3;1-5H2. The van der Waals surface area contributed by atoms with Crippen LogP contribution >= 0.6 is 0 Å². The maximum Gasteiger partial charge on any atom is 0.132 e. The lowest BCUT2D eigenvalue weighted by molar-refractivity contribution is -0.120. The zero-order valence-electron chi connectivity index (χ0n) is 13.3. The molecule has 1 aromatic heterocycles. The molecule has 0 atom stereocenters. The number of nitrogens with one attached hydrogen (secondary N) is 1. The molecule has 2 aliphatic rings. The zero-order valence-corrected chi connectivity index (χ0v) is 13.3. The van der Waals surface area contributed by atoms with Crippen LogP contribution in [0.2, 0.25) is 0 Å². The van der Waals surface area contributed by atoms with Crippen molar-refractivity contribution in [3.8, 4) is 0 Å². The summed E-state index contributed by atoms with van der Waals surface area (Å²) in [5.41, 5.74) is 4.81. The number of aromatic nitrogens is 1. The Balaban J connectivity index is 0.000000174. The Morgan fingerprint density at radius 3 is 2.32 bits per heavy atom. The fourth-order valence-electron chi connectivity index (χ4n) is 3.58. The molecule has 0 amide bonds. The van der Waals surface area contributed by atoms with Crippen LogP contribution in [-0.2, 0) is 17.6 Å². The number of ketones is 1. The Morgan fingerprint density at radius 2 is 1.64 bits per heavy atom. The van der Waals surface area contributed by atoms with Crippen molar-refractivity contribution in [2.45, 2.75) is 64.7 Å². The van der Waals surface area contributed by atoms with Gasteiger partial charge in [0, 0.05) is 29.4 Å². The largest absolute Gasteiger partial charge is 0.358 e. The first kappa shape index (κ1) is 15.3. The second-order valence-electron chi connectivity index (χ2n) is 6.53. The van der Waals surface area contributed by atoms with Gasteiger partial charge in [-0.3, -0.25) is 4.79 Å². The monoisotopic (exact) mass is 301 g/mol. The number of hydrogen-bond acceptors (Lipinski definition) is 1. The van der Waals surface area contributed by atoms with Crippen LogP contribution < -0.4 is 0 Å². The molecule has 118 valence electrons. The van der Waals surface area contributed by atoms with Gasteiger partial charge >= 0.3 is 0 Å². The van der Waals surface area contributed by atoms with E-state index in [2.05, 4.69) is 4.98 Å². The number of Topliss-reactive ketones (excluding diaryl/α,β-unsaturated/α-hetero) is 1. The number of halogens is 1.